The first-order valence-corrected chi connectivity index (χ1v) is 9.01. The van der Waals surface area contributed by atoms with Crippen molar-refractivity contribution in [2.24, 2.45) is 17.8 Å². The molecular weight excluding hydrogens is 372 g/mol. The number of aromatic nitrogens is 1. The quantitative estimate of drug-likeness (QED) is 0.818. The maximum absolute atomic E-state index is 12.9. The fourth-order valence-corrected chi connectivity index (χ4v) is 4.14. The molecule has 0 radical (unpaired) electrons. The van der Waals surface area contributed by atoms with E-state index in [4.69, 9.17) is 4.74 Å². The Morgan fingerprint density at radius 3 is 2.75 bits per heavy atom. The van der Waals surface area contributed by atoms with Crippen LogP contribution < -0.4 is 0 Å². The van der Waals surface area contributed by atoms with Crippen LogP contribution in [0.5, 0.6) is 0 Å². The van der Waals surface area contributed by atoms with Gasteiger partial charge in [0.25, 0.3) is 5.91 Å². The summed E-state index contributed by atoms with van der Waals surface area (Å²) < 4.78 is 5.92. The molecule has 0 bridgehead atoms. The van der Waals surface area contributed by atoms with Gasteiger partial charge < -0.3 is 14.6 Å². The van der Waals surface area contributed by atoms with Crippen molar-refractivity contribution in [3.05, 3.63) is 34.4 Å². The second kappa shape index (κ2) is 5.92. The Bertz CT molecular complexity index is 812. The standard InChI is InChI=1S/C18H19BrN2O3/c1-24-18(23)14-9-21(8-13(14)10-2-3-10)17(22)16-6-11-4-5-12(19)7-15(11)20-16/h4-7,10,13-14,20H,2-3,8-9H2,1H3/t13-,14+/m1/s1. The number of benzene rings is 1. The molecule has 1 saturated carbocycles. The van der Waals surface area contributed by atoms with Crippen LogP contribution in [0.25, 0.3) is 10.9 Å². The second-order valence-electron chi connectivity index (χ2n) is 6.76. The van der Waals surface area contributed by atoms with E-state index in [1.807, 2.05) is 24.3 Å². The number of nitrogens with one attached hydrogen (secondary N) is 1. The van der Waals surface area contributed by atoms with Gasteiger partial charge in [0.1, 0.15) is 5.69 Å². The number of amides is 1. The second-order valence-corrected chi connectivity index (χ2v) is 7.67. The lowest BCUT2D eigenvalue weighted by Gasteiger charge is -2.15. The molecule has 1 aromatic heterocycles. The lowest BCUT2D eigenvalue weighted by Crippen LogP contribution is -2.30. The SMILES string of the molecule is COC(=O)[C@H]1CN(C(=O)c2cc3ccc(Br)cc3[nH]2)C[C@@H]1C1CC1. The number of carbonyl (C=O) groups excluding carboxylic acids is 2. The maximum Gasteiger partial charge on any atom is 0.310 e. The number of H-pyrrole nitrogens is 1. The third-order valence-corrected chi connectivity index (χ3v) is 5.69. The highest BCUT2D eigenvalue weighted by atomic mass is 79.9. The Kier molecular flexibility index (Phi) is 3.87. The van der Waals surface area contributed by atoms with E-state index in [1.54, 1.807) is 4.90 Å². The van der Waals surface area contributed by atoms with E-state index in [0.717, 1.165) is 28.2 Å². The molecular formula is C18H19BrN2O3. The van der Waals surface area contributed by atoms with Crippen LogP contribution in [0.3, 0.4) is 0 Å². The number of methoxy groups -OCH3 is 1. The zero-order valence-electron chi connectivity index (χ0n) is 13.4. The van der Waals surface area contributed by atoms with Gasteiger partial charge in [-0.3, -0.25) is 9.59 Å². The number of ether oxygens (including phenoxy) is 1. The lowest BCUT2D eigenvalue weighted by molar-refractivity contribution is -0.146. The minimum absolute atomic E-state index is 0.0422. The highest BCUT2D eigenvalue weighted by molar-refractivity contribution is 9.10. The van der Waals surface area contributed by atoms with Gasteiger partial charge in [-0.05, 0) is 42.9 Å². The number of carbonyl (C=O) groups is 2. The summed E-state index contributed by atoms with van der Waals surface area (Å²) in [5.74, 6) is 0.373. The van der Waals surface area contributed by atoms with E-state index in [9.17, 15) is 9.59 Å². The Balaban J connectivity index is 1.58. The Morgan fingerprint density at radius 1 is 1.25 bits per heavy atom. The first-order chi connectivity index (χ1) is 11.6. The topological polar surface area (TPSA) is 62.4 Å². The summed E-state index contributed by atoms with van der Waals surface area (Å²) in [4.78, 5) is 29.9. The number of hydrogen-bond donors (Lipinski definition) is 1. The fourth-order valence-electron chi connectivity index (χ4n) is 3.78. The molecule has 2 atom stereocenters. The highest BCUT2D eigenvalue weighted by Crippen LogP contribution is 2.44. The van der Waals surface area contributed by atoms with Gasteiger partial charge in [-0.1, -0.05) is 22.0 Å². The molecule has 1 amide bonds. The van der Waals surface area contributed by atoms with Crippen molar-refractivity contribution >= 4 is 38.7 Å². The number of nitrogens with zero attached hydrogens (tertiary/aromatic N) is 1. The number of fused-ring (bicyclic) bond motifs is 1. The van der Waals surface area contributed by atoms with Gasteiger partial charge in [-0.25, -0.2) is 0 Å². The molecule has 1 aliphatic carbocycles. The molecule has 0 unspecified atom stereocenters. The van der Waals surface area contributed by atoms with Crippen molar-refractivity contribution < 1.29 is 14.3 Å². The fraction of sp³-hybridized carbons (Fsp3) is 0.444. The molecule has 1 aromatic carbocycles. The van der Waals surface area contributed by atoms with E-state index in [1.165, 1.54) is 7.11 Å². The van der Waals surface area contributed by atoms with Gasteiger partial charge in [-0.15, -0.1) is 0 Å². The number of likely N-dealkylation sites (tertiary alicyclic amines) is 1. The van der Waals surface area contributed by atoms with E-state index in [0.29, 0.717) is 24.7 Å². The Labute approximate surface area is 148 Å². The van der Waals surface area contributed by atoms with Gasteiger partial charge in [0.05, 0.1) is 13.0 Å². The van der Waals surface area contributed by atoms with Gasteiger partial charge >= 0.3 is 5.97 Å². The molecule has 4 rings (SSSR count). The minimum atomic E-state index is -0.192. The first-order valence-electron chi connectivity index (χ1n) is 8.22. The highest BCUT2D eigenvalue weighted by Gasteiger charge is 2.47. The molecule has 2 heterocycles. The maximum atomic E-state index is 12.9. The van der Waals surface area contributed by atoms with Gasteiger partial charge in [0.2, 0.25) is 0 Å². The van der Waals surface area contributed by atoms with Gasteiger partial charge in [-0.2, -0.15) is 0 Å². The zero-order chi connectivity index (χ0) is 16.8. The minimum Gasteiger partial charge on any atom is -0.469 e. The normalized spacial score (nSPS) is 23.7. The number of aromatic amines is 1. The van der Waals surface area contributed by atoms with Crippen molar-refractivity contribution in [2.75, 3.05) is 20.2 Å². The van der Waals surface area contributed by atoms with Gasteiger partial charge in [0, 0.05) is 28.5 Å². The van der Waals surface area contributed by atoms with E-state index in [-0.39, 0.29) is 23.7 Å². The average molecular weight is 391 g/mol. The van der Waals surface area contributed by atoms with Crippen molar-refractivity contribution in [3.63, 3.8) is 0 Å². The molecule has 1 N–H and O–H groups in total. The van der Waals surface area contributed by atoms with E-state index < -0.39 is 0 Å². The molecule has 6 heteroatoms. The predicted octanol–water partition coefficient (Wildman–Crippen LogP) is 3.20. The van der Waals surface area contributed by atoms with Crippen LogP contribution in [0.15, 0.2) is 28.7 Å². The molecule has 2 aromatic rings. The van der Waals surface area contributed by atoms with Crippen LogP contribution in [0.1, 0.15) is 23.3 Å². The summed E-state index contributed by atoms with van der Waals surface area (Å²) in [6.45, 7) is 1.09. The Morgan fingerprint density at radius 2 is 2.04 bits per heavy atom. The molecule has 2 aliphatic rings. The summed E-state index contributed by atoms with van der Waals surface area (Å²) in [5.41, 5.74) is 1.50. The number of halogens is 1. The summed E-state index contributed by atoms with van der Waals surface area (Å²) in [5, 5.41) is 1.00. The molecule has 126 valence electrons. The van der Waals surface area contributed by atoms with E-state index >= 15 is 0 Å². The van der Waals surface area contributed by atoms with Crippen molar-refractivity contribution in [3.8, 4) is 0 Å². The van der Waals surface area contributed by atoms with Crippen molar-refractivity contribution in [1.29, 1.82) is 0 Å². The summed E-state index contributed by atoms with van der Waals surface area (Å²) >= 11 is 3.44. The van der Waals surface area contributed by atoms with Crippen LogP contribution in [-0.2, 0) is 9.53 Å². The third kappa shape index (κ3) is 2.73. The van der Waals surface area contributed by atoms with Crippen molar-refractivity contribution in [2.45, 2.75) is 12.8 Å². The molecule has 1 aliphatic heterocycles. The van der Waals surface area contributed by atoms with Crippen LogP contribution >= 0.6 is 15.9 Å². The molecule has 1 saturated heterocycles. The van der Waals surface area contributed by atoms with Crippen molar-refractivity contribution in [1.82, 2.24) is 9.88 Å². The summed E-state index contributed by atoms with van der Waals surface area (Å²) in [6.07, 6.45) is 2.31. The molecule has 24 heavy (non-hydrogen) atoms. The largest absolute Gasteiger partial charge is 0.469 e. The average Bonchev–Trinajstić information content (AvgIpc) is 3.19. The predicted molar refractivity (Wildman–Crippen MR) is 93.6 cm³/mol. The van der Waals surface area contributed by atoms with Crippen LogP contribution in [0, 0.1) is 17.8 Å². The monoisotopic (exact) mass is 390 g/mol. The molecule has 0 spiro atoms. The number of esters is 1. The first kappa shape index (κ1) is 15.7. The summed E-state index contributed by atoms with van der Waals surface area (Å²) in [7, 11) is 1.42. The van der Waals surface area contributed by atoms with E-state index in [2.05, 4.69) is 20.9 Å². The smallest absolute Gasteiger partial charge is 0.310 e. The van der Waals surface area contributed by atoms with Crippen LogP contribution in [0.2, 0.25) is 0 Å². The Hall–Kier alpha value is -1.82. The number of rotatable bonds is 3. The third-order valence-electron chi connectivity index (χ3n) is 5.20. The van der Waals surface area contributed by atoms with Crippen LogP contribution in [0.4, 0.5) is 0 Å². The number of hydrogen-bond acceptors (Lipinski definition) is 3. The molecule has 2 fully saturated rings. The van der Waals surface area contributed by atoms with Crippen LogP contribution in [-0.4, -0.2) is 42.0 Å². The summed E-state index contributed by atoms with van der Waals surface area (Å²) in [6, 6.07) is 7.76. The zero-order valence-corrected chi connectivity index (χ0v) is 15.0. The lowest BCUT2D eigenvalue weighted by atomic mass is 9.92. The van der Waals surface area contributed by atoms with Gasteiger partial charge in [0.15, 0.2) is 0 Å². The molecule has 5 nitrogen and oxygen atoms in total.